The monoisotopic (exact) mass is 331 g/mol. The molecule has 0 spiro atoms. The van der Waals surface area contributed by atoms with Gasteiger partial charge in [0.15, 0.2) is 0 Å². The summed E-state index contributed by atoms with van der Waals surface area (Å²) in [6, 6.07) is 6.72. The molecule has 0 heterocycles. The lowest BCUT2D eigenvalue weighted by molar-refractivity contribution is 0.620. The third kappa shape index (κ3) is 5.30. The first kappa shape index (κ1) is 14.0. The summed E-state index contributed by atoms with van der Waals surface area (Å²) in [5, 5.41) is 3.50. The number of alkyl halides is 1. The van der Waals surface area contributed by atoms with E-state index in [4.69, 9.17) is 0 Å². The standard InChI is InChI=1S/C14H22IN/c1-12-6-7-14(10-13(12)2)11-16-9-5-3-4-8-15/h6-7,10,16H,3-5,8-9,11H2,1-2H3. The highest BCUT2D eigenvalue weighted by atomic mass is 127. The van der Waals surface area contributed by atoms with E-state index in [1.54, 1.807) is 0 Å². The maximum Gasteiger partial charge on any atom is 0.0205 e. The minimum atomic E-state index is 1.01. The van der Waals surface area contributed by atoms with Gasteiger partial charge in [-0.3, -0.25) is 0 Å². The van der Waals surface area contributed by atoms with Crippen molar-refractivity contribution in [1.82, 2.24) is 5.32 Å². The Bertz CT molecular complexity index is 310. The molecule has 1 aromatic carbocycles. The maximum absolute atomic E-state index is 3.50. The van der Waals surface area contributed by atoms with Crippen LogP contribution in [-0.2, 0) is 6.54 Å². The molecule has 0 aromatic heterocycles. The molecule has 1 nitrogen and oxygen atoms in total. The lowest BCUT2D eigenvalue weighted by atomic mass is 10.1. The van der Waals surface area contributed by atoms with Gasteiger partial charge >= 0.3 is 0 Å². The lowest BCUT2D eigenvalue weighted by Gasteiger charge is -2.07. The Morgan fingerprint density at radius 2 is 1.88 bits per heavy atom. The zero-order valence-corrected chi connectivity index (χ0v) is 12.5. The zero-order chi connectivity index (χ0) is 11.8. The van der Waals surface area contributed by atoms with Crippen molar-refractivity contribution in [1.29, 1.82) is 0 Å². The maximum atomic E-state index is 3.50. The van der Waals surface area contributed by atoms with Crippen molar-refractivity contribution in [2.75, 3.05) is 11.0 Å². The summed E-state index contributed by atoms with van der Waals surface area (Å²) in [6.45, 7) is 6.49. The van der Waals surface area contributed by atoms with Gasteiger partial charge in [0, 0.05) is 6.54 Å². The van der Waals surface area contributed by atoms with Gasteiger partial charge in [0.1, 0.15) is 0 Å². The smallest absolute Gasteiger partial charge is 0.0205 e. The average molecular weight is 331 g/mol. The van der Waals surface area contributed by atoms with Crippen molar-refractivity contribution >= 4 is 22.6 Å². The van der Waals surface area contributed by atoms with Gasteiger partial charge in [-0.15, -0.1) is 0 Å². The second kappa shape index (κ2) is 8.07. The van der Waals surface area contributed by atoms with Gasteiger partial charge in [-0.1, -0.05) is 47.2 Å². The number of halogens is 1. The molecule has 0 atom stereocenters. The van der Waals surface area contributed by atoms with Crippen LogP contribution in [0.2, 0.25) is 0 Å². The van der Waals surface area contributed by atoms with E-state index < -0.39 is 0 Å². The molecule has 1 N–H and O–H groups in total. The van der Waals surface area contributed by atoms with Gasteiger partial charge < -0.3 is 5.32 Å². The van der Waals surface area contributed by atoms with Crippen LogP contribution in [0.1, 0.15) is 36.0 Å². The summed E-state index contributed by atoms with van der Waals surface area (Å²) in [7, 11) is 0. The Labute approximate surface area is 113 Å². The summed E-state index contributed by atoms with van der Waals surface area (Å²) in [6.07, 6.45) is 4.00. The van der Waals surface area contributed by atoms with Crippen LogP contribution in [0.25, 0.3) is 0 Å². The van der Waals surface area contributed by atoms with E-state index in [2.05, 4.69) is 60.0 Å². The molecule has 1 aromatic rings. The molecule has 16 heavy (non-hydrogen) atoms. The fourth-order valence-corrected chi connectivity index (χ4v) is 2.21. The van der Waals surface area contributed by atoms with Gasteiger partial charge in [0.2, 0.25) is 0 Å². The van der Waals surface area contributed by atoms with Gasteiger partial charge in [0.25, 0.3) is 0 Å². The third-order valence-electron chi connectivity index (χ3n) is 2.89. The Kier molecular flexibility index (Phi) is 7.05. The molecular weight excluding hydrogens is 309 g/mol. The van der Waals surface area contributed by atoms with E-state index in [0.717, 1.165) is 13.1 Å². The second-order valence-electron chi connectivity index (χ2n) is 4.35. The summed E-state index contributed by atoms with van der Waals surface area (Å²) >= 11 is 2.44. The molecule has 2 heteroatoms. The second-order valence-corrected chi connectivity index (χ2v) is 5.42. The predicted octanol–water partition coefficient (Wildman–Crippen LogP) is 4.00. The summed E-state index contributed by atoms with van der Waals surface area (Å²) in [5.41, 5.74) is 4.17. The van der Waals surface area contributed by atoms with Crippen LogP contribution in [0.15, 0.2) is 18.2 Å². The molecule has 0 bridgehead atoms. The number of nitrogens with one attached hydrogen (secondary N) is 1. The van der Waals surface area contributed by atoms with Crippen molar-refractivity contribution < 1.29 is 0 Å². The van der Waals surface area contributed by atoms with E-state index in [1.165, 1.54) is 40.4 Å². The van der Waals surface area contributed by atoms with E-state index in [-0.39, 0.29) is 0 Å². The Morgan fingerprint density at radius 1 is 1.06 bits per heavy atom. The average Bonchev–Trinajstić information content (AvgIpc) is 2.28. The lowest BCUT2D eigenvalue weighted by Crippen LogP contribution is -2.14. The fraction of sp³-hybridized carbons (Fsp3) is 0.571. The van der Waals surface area contributed by atoms with Crippen LogP contribution in [-0.4, -0.2) is 11.0 Å². The van der Waals surface area contributed by atoms with E-state index in [1.807, 2.05) is 0 Å². The molecule has 0 saturated heterocycles. The summed E-state index contributed by atoms with van der Waals surface area (Å²) in [4.78, 5) is 0. The van der Waals surface area contributed by atoms with E-state index >= 15 is 0 Å². The SMILES string of the molecule is Cc1ccc(CNCCCCCI)cc1C. The highest BCUT2D eigenvalue weighted by molar-refractivity contribution is 14.1. The molecule has 0 radical (unpaired) electrons. The molecule has 0 aliphatic rings. The molecular formula is C14H22IN. The number of benzene rings is 1. The van der Waals surface area contributed by atoms with E-state index in [9.17, 15) is 0 Å². The van der Waals surface area contributed by atoms with Crippen molar-refractivity contribution in [3.63, 3.8) is 0 Å². The number of hydrogen-bond donors (Lipinski definition) is 1. The first-order valence-corrected chi connectivity index (χ1v) is 7.59. The normalized spacial score (nSPS) is 10.7. The highest BCUT2D eigenvalue weighted by Crippen LogP contribution is 2.09. The number of aryl methyl sites for hydroxylation is 2. The quantitative estimate of drug-likeness (QED) is 0.452. The molecule has 0 aliphatic carbocycles. The number of hydrogen-bond acceptors (Lipinski definition) is 1. The Balaban J connectivity index is 2.19. The summed E-state index contributed by atoms with van der Waals surface area (Å²) < 4.78 is 1.29. The van der Waals surface area contributed by atoms with Crippen LogP contribution in [0.3, 0.4) is 0 Å². The fourth-order valence-electron chi connectivity index (χ4n) is 1.67. The van der Waals surface area contributed by atoms with Crippen LogP contribution < -0.4 is 5.32 Å². The molecule has 0 fully saturated rings. The number of rotatable bonds is 7. The van der Waals surface area contributed by atoms with Crippen molar-refractivity contribution in [3.8, 4) is 0 Å². The van der Waals surface area contributed by atoms with Crippen LogP contribution in [0.5, 0.6) is 0 Å². The van der Waals surface area contributed by atoms with Crippen molar-refractivity contribution in [3.05, 3.63) is 34.9 Å². The topological polar surface area (TPSA) is 12.0 Å². The van der Waals surface area contributed by atoms with Crippen LogP contribution >= 0.6 is 22.6 Å². The predicted molar refractivity (Wildman–Crippen MR) is 80.4 cm³/mol. The van der Waals surface area contributed by atoms with E-state index in [0.29, 0.717) is 0 Å². The molecule has 0 amide bonds. The largest absolute Gasteiger partial charge is 0.313 e. The minimum absolute atomic E-state index is 1.01. The first-order valence-electron chi connectivity index (χ1n) is 6.07. The van der Waals surface area contributed by atoms with Gasteiger partial charge in [-0.05, 0) is 54.4 Å². The highest BCUT2D eigenvalue weighted by Gasteiger charge is 1.96. The third-order valence-corrected chi connectivity index (χ3v) is 3.65. The van der Waals surface area contributed by atoms with Crippen molar-refractivity contribution in [2.24, 2.45) is 0 Å². The Hall–Kier alpha value is -0.0900. The van der Waals surface area contributed by atoms with Gasteiger partial charge in [-0.25, -0.2) is 0 Å². The van der Waals surface area contributed by atoms with Crippen LogP contribution in [0, 0.1) is 13.8 Å². The number of unbranched alkanes of at least 4 members (excludes halogenated alkanes) is 2. The molecule has 0 unspecified atom stereocenters. The minimum Gasteiger partial charge on any atom is -0.313 e. The molecule has 90 valence electrons. The van der Waals surface area contributed by atoms with Crippen LogP contribution in [0.4, 0.5) is 0 Å². The van der Waals surface area contributed by atoms with Crippen molar-refractivity contribution in [2.45, 2.75) is 39.7 Å². The van der Waals surface area contributed by atoms with Gasteiger partial charge in [-0.2, -0.15) is 0 Å². The first-order chi connectivity index (χ1) is 7.74. The molecule has 0 aliphatic heterocycles. The Morgan fingerprint density at radius 3 is 2.56 bits per heavy atom. The zero-order valence-electron chi connectivity index (χ0n) is 10.4. The molecule has 0 saturated carbocycles. The van der Waals surface area contributed by atoms with Gasteiger partial charge in [0.05, 0.1) is 0 Å². The summed E-state index contributed by atoms with van der Waals surface area (Å²) in [5.74, 6) is 0. The molecule has 1 rings (SSSR count).